The molecule has 0 aliphatic carbocycles. The van der Waals surface area contributed by atoms with Crippen LogP contribution in [0.5, 0.6) is 0 Å². The van der Waals surface area contributed by atoms with Gasteiger partial charge in [-0.25, -0.2) is 0 Å². The Hall–Kier alpha value is -1.84. The molecule has 4 heteroatoms. The zero-order chi connectivity index (χ0) is 12.8. The second-order valence-corrected chi connectivity index (χ2v) is 4.29. The smallest absolute Gasteiger partial charge is 0.243 e. The predicted octanol–water partition coefficient (Wildman–Crippen LogP) is 2.20. The predicted molar refractivity (Wildman–Crippen MR) is 71.9 cm³/mol. The molecule has 1 rings (SSSR count). The molecule has 0 spiro atoms. The average Bonchev–Trinajstić information content (AvgIpc) is 2.25. The lowest BCUT2D eigenvalue weighted by atomic mass is 10.2. The highest BCUT2D eigenvalue weighted by Gasteiger charge is 2.08. The Morgan fingerprint density at radius 1 is 1.35 bits per heavy atom. The third-order valence-corrected chi connectivity index (χ3v) is 2.25. The van der Waals surface area contributed by atoms with E-state index < -0.39 is 0 Å². The summed E-state index contributed by atoms with van der Waals surface area (Å²) in [5, 5.41) is 5.29. The van der Waals surface area contributed by atoms with E-state index in [0.717, 1.165) is 11.3 Å². The molecular formula is C13H22N2O2. The van der Waals surface area contributed by atoms with Crippen molar-refractivity contribution in [2.24, 2.45) is 5.92 Å². The van der Waals surface area contributed by atoms with Crippen molar-refractivity contribution in [2.75, 3.05) is 11.9 Å². The van der Waals surface area contributed by atoms with E-state index in [1.54, 1.807) is 13.8 Å². The van der Waals surface area contributed by atoms with Gasteiger partial charge in [0.2, 0.25) is 11.8 Å². The molecule has 96 valence electrons. The number of aryl methyl sites for hydroxylation is 1. The summed E-state index contributed by atoms with van der Waals surface area (Å²) in [4.78, 5) is 22.8. The zero-order valence-corrected chi connectivity index (χ0v) is 10.4. The van der Waals surface area contributed by atoms with Gasteiger partial charge in [0.05, 0.1) is 6.54 Å². The molecule has 0 aromatic heterocycles. The minimum Gasteiger partial charge on any atom is -0.347 e. The molecule has 2 amide bonds. The number of nitrogens with one attached hydrogen (secondary N) is 2. The van der Waals surface area contributed by atoms with Gasteiger partial charge in [-0.1, -0.05) is 26.0 Å². The fourth-order valence-electron chi connectivity index (χ4n) is 1.30. The molecule has 1 aromatic carbocycles. The first-order valence-corrected chi connectivity index (χ1v) is 5.63. The van der Waals surface area contributed by atoms with Gasteiger partial charge in [-0.15, -0.1) is 0 Å². The van der Waals surface area contributed by atoms with E-state index >= 15 is 0 Å². The first-order chi connectivity index (χ1) is 7.99. The van der Waals surface area contributed by atoms with Crippen molar-refractivity contribution in [1.29, 1.82) is 0 Å². The number of amides is 2. The third kappa shape index (κ3) is 4.68. The van der Waals surface area contributed by atoms with Crippen LogP contribution in [0.25, 0.3) is 0 Å². The van der Waals surface area contributed by atoms with E-state index in [-0.39, 0.29) is 27.1 Å². The molecule has 4 nitrogen and oxygen atoms in total. The van der Waals surface area contributed by atoms with Crippen LogP contribution in [0.2, 0.25) is 0 Å². The quantitative estimate of drug-likeness (QED) is 0.844. The summed E-state index contributed by atoms with van der Waals surface area (Å²) < 4.78 is 0. The molecular weight excluding hydrogens is 216 g/mol. The van der Waals surface area contributed by atoms with Crippen molar-refractivity contribution < 1.29 is 12.4 Å². The Morgan fingerprint density at radius 3 is 2.65 bits per heavy atom. The van der Waals surface area contributed by atoms with Crippen LogP contribution in [0.4, 0.5) is 5.69 Å². The van der Waals surface area contributed by atoms with Gasteiger partial charge in [0.25, 0.3) is 0 Å². The maximum atomic E-state index is 11.5. The van der Waals surface area contributed by atoms with Crippen molar-refractivity contribution in [3.8, 4) is 0 Å². The molecule has 0 saturated heterocycles. The van der Waals surface area contributed by atoms with Crippen LogP contribution >= 0.6 is 0 Å². The molecule has 0 saturated carbocycles. The lowest BCUT2D eigenvalue weighted by molar-refractivity contribution is -0.126. The van der Waals surface area contributed by atoms with E-state index in [4.69, 9.17) is 0 Å². The second kappa shape index (κ2) is 6.03. The molecule has 1 aromatic rings. The summed E-state index contributed by atoms with van der Waals surface area (Å²) in [6, 6.07) is 7.52. The highest BCUT2D eigenvalue weighted by molar-refractivity contribution is 5.94. The number of rotatable bonds is 4. The number of carbonyl (C=O) groups excluding carboxylic acids is 2. The Bertz CT molecular complexity index is 423. The van der Waals surface area contributed by atoms with Gasteiger partial charge in [0.1, 0.15) is 0 Å². The van der Waals surface area contributed by atoms with E-state index in [0.29, 0.717) is 0 Å². The largest absolute Gasteiger partial charge is 0.347 e. The molecule has 0 aliphatic heterocycles. The molecule has 0 unspecified atom stereocenters. The third-order valence-electron chi connectivity index (χ3n) is 2.25. The van der Waals surface area contributed by atoms with Gasteiger partial charge in [-0.05, 0) is 24.6 Å². The molecule has 0 aliphatic rings. The maximum Gasteiger partial charge on any atom is 0.243 e. The number of hydrogen-bond acceptors (Lipinski definition) is 2. The van der Waals surface area contributed by atoms with Crippen LogP contribution in [0.3, 0.4) is 0 Å². The van der Waals surface area contributed by atoms with E-state index in [1.165, 1.54) is 0 Å². The van der Waals surface area contributed by atoms with E-state index in [1.807, 2.05) is 31.2 Å². The van der Waals surface area contributed by atoms with E-state index in [9.17, 15) is 9.59 Å². The molecule has 0 bridgehead atoms. The van der Waals surface area contributed by atoms with Crippen molar-refractivity contribution >= 4 is 17.5 Å². The number of anilines is 1. The maximum absolute atomic E-state index is 11.5. The first kappa shape index (κ1) is 13.2. The lowest BCUT2D eigenvalue weighted by Crippen LogP contribution is -2.35. The second-order valence-electron chi connectivity index (χ2n) is 4.29. The minimum absolute atomic E-state index is 0. The SMILES string of the molecule is Cc1cccc(NC(=O)CNC(=O)C(C)C)c1.[HH].[HH]. The normalized spacial score (nSPS) is 10.1. The number of hydrogen-bond donors (Lipinski definition) is 2. The molecule has 2 N–H and O–H groups in total. The monoisotopic (exact) mass is 238 g/mol. The van der Waals surface area contributed by atoms with Crippen LogP contribution < -0.4 is 10.6 Å². The van der Waals surface area contributed by atoms with Crippen LogP contribution in [0.15, 0.2) is 24.3 Å². The molecule has 17 heavy (non-hydrogen) atoms. The van der Waals surface area contributed by atoms with Gasteiger partial charge >= 0.3 is 0 Å². The fourth-order valence-corrected chi connectivity index (χ4v) is 1.30. The topological polar surface area (TPSA) is 58.2 Å². The van der Waals surface area contributed by atoms with Gasteiger partial charge in [0, 0.05) is 14.5 Å². The Kier molecular flexibility index (Phi) is 4.69. The van der Waals surface area contributed by atoms with Crippen LogP contribution in [0.1, 0.15) is 22.3 Å². The average molecular weight is 238 g/mol. The molecule has 0 atom stereocenters. The fraction of sp³-hybridized carbons (Fsp3) is 0.385. The van der Waals surface area contributed by atoms with Crippen molar-refractivity contribution in [3.63, 3.8) is 0 Å². The Balaban J connectivity index is 0. The number of carbonyl (C=O) groups is 2. The first-order valence-electron chi connectivity index (χ1n) is 5.63. The summed E-state index contributed by atoms with van der Waals surface area (Å²) >= 11 is 0. The Labute approximate surface area is 104 Å². The van der Waals surface area contributed by atoms with Crippen molar-refractivity contribution in [3.05, 3.63) is 29.8 Å². The molecule has 0 radical (unpaired) electrons. The highest BCUT2D eigenvalue weighted by Crippen LogP contribution is 2.08. The summed E-state index contributed by atoms with van der Waals surface area (Å²) in [5.41, 5.74) is 1.82. The Morgan fingerprint density at radius 2 is 2.06 bits per heavy atom. The molecule has 0 heterocycles. The summed E-state index contributed by atoms with van der Waals surface area (Å²) in [7, 11) is 0. The van der Waals surface area contributed by atoms with Crippen molar-refractivity contribution in [1.82, 2.24) is 5.32 Å². The summed E-state index contributed by atoms with van der Waals surface area (Å²) in [5.74, 6) is -0.448. The van der Waals surface area contributed by atoms with Gasteiger partial charge < -0.3 is 10.6 Å². The number of benzene rings is 1. The lowest BCUT2D eigenvalue weighted by Gasteiger charge is -2.08. The highest BCUT2D eigenvalue weighted by atomic mass is 16.2. The zero-order valence-electron chi connectivity index (χ0n) is 10.4. The minimum atomic E-state index is -0.218. The van der Waals surface area contributed by atoms with Crippen LogP contribution in [-0.2, 0) is 9.59 Å². The summed E-state index contributed by atoms with van der Waals surface area (Å²) in [6.07, 6.45) is 0. The van der Waals surface area contributed by atoms with Crippen LogP contribution in [-0.4, -0.2) is 18.4 Å². The van der Waals surface area contributed by atoms with Crippen molar-refractivity contribution in [2.45, 2.75) is 20.8 Å². The summed E-state index contributed by atoms with van der Waals surface area (Å²) in [6.45, 7) is 5.53. The molecule has 0 fully saturated rings. The van der Waals surface area contributed by atoms with Crippen LogP contribution in [0, 0.1) is 12.8 Å². The van der Waals surface area contributed by atoms with E-state index in [2.05, 4.69) is 10.6 Å². The van der Waals surface area contributed by atoms with Gasteiger partial charge in [0.15, 0.2) is 0 Å². The standard InChI is InChI=1S/C13H18N2O2.2H2/c1-9(2)13(17)14-8-12(16)15-11-6-4-5-10(3)7-11;;/h4-7,9H,8H2,1-3H3,(H,14,17)(H,15,16);2*1H. The van der Waals surface area contributed by atoms with Gasteiger partial charge in [-0.2, -0.15) is 0 Å². The van der Waals surface area contributed by atoms with Gasteiger partial charge in [-0.3, -0.25) is 9.59 Å².